The molecule has 0 aliphatic carbocycles. The Morgan fingerprint density at radius 3 is 2.39 bits per heavy atom. The summed E-state index contributed by atoms with van der Waals surface area (Å²) in [7, 11) is 1.83. The number of amides is 1. The smallest absolute Gasteiger partial charge is 0.253 e. The molecule has 4 heteroatoms. The van der Waals surface area contributed by atoms with E-state index in [9.17, 15) is 4.79 Å². The first-order valence-corrected chi connectivity index (χ1v) is 9.89. The number of fused-ring (bicyclic) bond motifs is 1. The fraction of sp³-hybridized carbons (Fsp3) is 0.208. The molecule has 0 unspecified atom stereocenters. The van der Waals surface area contributed by atoms with E-state index in [0.29, 0.717) is 17.1 Å². The average molecular weight is 391 g/mol. The third-order valence-electron chi connectivity index (χ3n) is 5.24. The van der Waals surface area contributed by atoms with Gasteiger partial charge in [0.15, 0.2) is 0 Å². The number of para-hydroxylation sites is 1. The van der Waals surface area contributed by atoms with Crippen LogP contribution in [0.4, 0.5) is 5.69 Å². The topological polar surface area (TPSA) is 23.6 Å². The molecule has 3 aromatic carbocycles. The van der Waals surface area contributed by atoms with Crippen molar-refractivity contribution in [3.8, 4) is 0 Å². The van der Waals surface area contributed by atoms with Gasteiger partial charge in [0.05, 0.1) is 0 Å². The Hall–Kier alpha value is -2.78. The second kappa shape index (κ2) is 8.07. The first-order valence-electron chi connectivity index (χ1n) is 9.52. The van der Waals surface area contributed by atoms with Crippen molar-refractivity contribution in [2.24, 2.45) is 0 Å². The molecule has 142 valence electrons. The fourth-order valence-corrected chi connectivity index (χ4v) is 3.83. The minimum absolute atomic E-state index is 0.0213. The zero-order chi connectivity index (χ0) is 19.5. The Morgan fingerprint density at radius 2 is 1.64 bits per heavy atom. The van der Waals surface area contributed by atoms with Crippen LogP contribution in [-0.2, 0) is 19.5 Å². The van der Waals surface area contributed by atoms with Crippen molar-refractivity contribution < 1.29 is 4.79 Å². The molecule has 0 radical (unpaired) electrons. The van der Waals surface area contributed by atoms with Crippen LogP contribution < -0.4 is 4.90 Å². The molecule has 0 spiro atoms. The zero-order valence-electron chi connectivity index (χ0n) is 15.9. The second-order valence-electron chi connectivity index (χ2n) is 7.28. The molecule has 0 bridgehead atoms. The molecule has 3 aromatic rings. The van der Waals surface area contributed by atoms with Crippen LogP contribution >= 0.6 is 11.6 Å². The van der Waals surface area contributed by atoms with Gasteiger partial charge in [-0.15, -0.1) is 0 Å². The Kier molecular flexibility index (Phi) is 5.36. The van der Waals surface area contributed by atoms with Crippen LogP contribution in [0.5, 0.6) is 0 Å². The fourth-order valence-electron chi connectivity index (χ4n) is 3.70. The lowest BCUT2D eigenvalue weighted by Crippen LogP contribution is -2.26. The van der Waals surface area contributed by atoms with E-state index in [4.69, 9.17) is 11.6 Å². The Labute approximate surface area is 171 Å². The Bertz CT molecular complexity index is 967. The van der Waals surface area contributed by atoms with Gasteiger partial charge in [-0.1, -0.05) is 54.1 Å². The summed E-state index contributed by atoms with van der Waals surface area (Å²) in [5.41, 5.74) is 5.73. The molecule has 28 heavy (non-hydrogen) atoms. The average Bonchev–Trinajstić information content (AvgIpc) is 3.13. The van der Waals surface area contributed by atoms with Crippen molar-refractivity contribution in [1.82, 2.24) is 4.90 Å². The van der Waals surface area contributed by atoms with Gasteiger partial charge in [-0.25, -0.2) is 0 Å². The SMILES string of the molecule is CN(Cc1ccc(Cl)cc1)C(=O)c1ccc(CN2CCc3ccccc32)cc1. The molecule has 0 N–H and O–H groups in total. The maximum absolute atomic E-state index is 12.7. The van der Waals surface area contributed by atoms with Crippen LogP contribution in [0.1, 0.15) is 27.0 Å². The summed E-state index contributed by atoms with van der Waals surface area (Å²) in [5, 5.41) is 0.703. The Balaban J connectivity index is 1.40. The molecule has 1 amide bonds. The zero-order valence-corrected chi connectivity index (χ0v) is 16.7. The van der Waals surface area contributed by atoms with Gasteiger partial charge in [0.2, 0.25) is 0 Å². The normalized spacial score (nSPS) is 12.7. The molecule has 1 aliphatic heterocycles. The molecule has 0 fully saturated rings. The number of nitrogens with zero attached hydrogens (tertiary/aromatic N) is 2. The predicted octanol–water partition coefficient (Wildman–Crippen LogP) is 5.17. The van der Waals surface area contributed by atoms with Crippen LogP contribution in [0, 0.1) is 0 Å². The third kappa shape index (κ3) is 4.05. The molecule has 0 saturated heterocycles. The minimum atomic E-state index is 0.0213. The first kappa shape index (κ1) is 18.6. The van der Waals surface area contributed by atoms with Gasteiger partial charge in [-0.2, -0.15) is 0 Å². The first-order chi connectivity index (χ1) is 13.6. The van der Waals surface area contributed by atoms with Crippen LogP contribution in [0.15, 0.2) is 72.8 Å². The largest absolute Gasteiger partial charge is 0.367 e. The maximum Gasteiger partial charge on any atom is 0.253 e. The number of carbonyl (C=O) groups excluding carboxylic acids is 1. The number of hydrogen-bond acceptors (Lipinski definition) is 2. The number of hydrogen-bond donors (Lipinski definition) is 0. The van der Waals surface area contributed by atoms with E-state index in [1.807, 2.05) is 43.4 Å². The van der Waals surface area contributed by atoms with Crippen molar-refractivity contribution >= 4 is 23.2 Å². The summed E-state index contributed by atoms with van der Waals surface area (Å²) in [5.74, 6) is 0.0213. The molecule has 1 aliphatic rings. The summed E-state index contributed by atoms with van der Waals surface area (Å²) in [6.45, 7) is 2.47. The standard InChI is InChI=1S/C24H23ClN2O/c1-26(16-18-8-12-22(25)13-9-18)24(28)21-10-6-19(7-11-21)17-27-15-14-20-4-2-3-5-23(20)27/h2-13H,14-17H2,1H3. The van der Waals surface area contributed by atoms with Crippen molar-refractivity contribution in [1.29, 1.82) is 0 Å². The highest BCUT2D eigenvalue weighted by atomic mass is 35.5. The third-order valence-corrected chi connectivity index (χ3v) is 5.49. The van der Waals surface area contributed by atoms with Gasteiger partial charge < -0.3 is 9.80 Å². The molecular weight excluding hydrogens is 368 g/mol. The van der Waals surface area contributed by atoms with E-state index in [-0.39, 0.29) is 5.91 Å². The van der Waals surface area contributed by atoms with Gasteiger partial charge in [-0.05, 0) is 53.4 Å². The van der Waals surface area contributed by atoms with Crippen molar-refractivity contribution in [2.75, 3.05) is 18.5 Å². The number of halogens is 1. The summed E-state index contributed by atoms with van der Waals surface area (Å²) in [6.07, 6.45) is 1.10. The molecule has 4 rings (SSSR count). The molecule has 0 aromatic heterocycles. The Morgan fingerprint density at radius 1 is 0.964 bits per heavy atom. The number of carbonyl (C=O) groups is 1. The van der Waals surface area contributed by atoms with Gasteiger partial charge in [0.25, 0.3) is 5.91 Å². The molecular formula is C24H23ClN2O. The van der Waals surface area contributed by atoms with Crippen LogP contribution in [0.2, 0.25) is 5.02 Å². The van der Waals surface area contributed by atoms with Gasteiger partial charge in [0, 0.05) is 43.0 Å². The number of benzene rings is 3. The predicted molar refractivity (Wildman–Crippen MR) is 115 cm³/mol. The highest BCUT2D eigenvalue weighted by molar-refractivity contribution is 6.30. The maximum atomic E-state index is 12.7. The molecule has 1 heterocycles. The van der Waals surface area contributed by atoms with Crippen molar-refractivity contribution in [2.45, 2.75) is 19.5 Å². The van der Waals surface area contributed by atoms with E-state index in [0.717, 1.165) is 25.1 Å². The lowest BCUT2D eigenvalue weighted by atomic mass is 10.1. The molecule has 0 atom stereocenters. The van der Waals surface area contributed by atoms with E-state index in [1.54, 1.807) is 4.90 Å². The lowest BCUT2D eigenvalue weighted by molar-refractivity contribution is 0.0785. The highest BCUT2D eigenvalue weighted by Crippen LogP contribution is 2.28. The van der Waals surface area contributed by atoms with Crippen molar-refractivity contribution in [3.05, 3.63) is 100 Å². The van der Waals surface area contributed by atoms with Gasteiger partial charge >= 0.3 is 0 Å². The second-order valence-corrected chi connectivity index (χ2v) is 7.72. The quantitative estimate of drug-likeness (QED) is 0.599. The minimum Gasteiger partial charge on any atom is -0.367 e. The van der Waals surface area contributed by atoms with E-state index in [1.165, 1.54) is 16.8 Å². The van der Waals surface area contributed by atoms with Crippen LogP contribution in [0.3, 0.4) is 0 Å². The van der Waals surface area contributed by atoms with Gasteiger partial charge in [0.1, 0.15) is 0 Å². The summed E-state index contributed by atoms with van der Waals surface area (Å²) in [4.78, 5) is 16.9. The van der Waals surface area contributed by atoms with E-state index < -0.39 is 0 Å². The summed E-state index contributed by atoms with van der Waals surface area (Å²) < 4.78 is 0. The summed E-state index contributed by atoms with van der Waals surface area (Å²) in [6, 6.07) is 24.1. The lowest BCUT2D eigenvalue weighted by Gasteiger charge is -2.20. The highest BCUT2D eigenvalue weighted by Gasteiger charge is 2.18. The number of rotatable bonds is 5. The van der Waals surface area contributed by atoms with Crippen molar-refractivity contribution in [3.63, 3.8) is 0 Å². The number of anilines is 1. The van der Waals surface area contributed by atoms with E-state index in [2.05, 4.69) is 41.3 Å². The van der Waals surface area contributed by atoms with Crippen LogP contribution in [0.25, 0.3) is 0 Å². The summed E-state index contributed by atoms with van der Waals surface area (Å²) >= 11 is 5.93. The molecule has 3 nitrogen and oxygen atoms in total. The molecule has 0 saturated carbocycles. The van der Waals surface area contributed by atoms with E-state index >= 15 is 0 Å². The monoisotopic (exact) mass is 390 g/mol. The van der Waals surface area contributed by atoms with Crippen LogP contribution in [-0.4, -0.2) is 24.4 Å². The van der Waals surface area contributed by atoms with Gasteiger partial charge in [-0.3, -0.25) is 4.79 Å².